The minimum absolute atomic E-state index is 0.239. The first kappa shape index (κ1) is 19.3. The molecule has 0 saturated heterocycles. The highest BCUT2D eigenvalue weighted by Gasteiger charge is 2.25. The normalized spacial score (nSPS) is 10.7. The smallest absolute Gasteiger partial charge is 0.267 e. The number of hydrogen-bond acceptors (Lipinski definition) is 5. The van der Waals surface area contributed by atoms with Gasteiger partial charge in [0, 0.05) is 42.7 Å². The monoisotopic (exact) mass is 400 g/mol. The number of ketones is 1. The number of nitrogens with zero attached hydrogens (tertiary/aromatic N) is 2. The summed E-state index contributed by atoms with van der Waals surface area (Å²) in [5, 5.41) is 6.94. The topological polar surface area (TPSA) is 101 Å². The van der Waals surface area contributed by atoms with E-state index >= 15 is 0 Å². The zero-order valence-electron chi connectivity index (χ0n) is 16.4. The zero-order chi connectivity index (χ0) is 20.9. The van der Waals surface area contributed by atoms with Gasteiger partial charge in [-0.3, -0.25) is 14.6 Å². The van der Waals surface area contributed by atoms with E-state index in [1.54, 1.807) is 18.5 Å². The van der Waals surface area contributed by atoms with Crippen molar-refractivity contribution in [3.8, 4) is 11.3 Å². The maximum Gasteiger partial charge on any atom is 0.267 e. The summed E-state index contributed by atoms with van der Waals surface area (Å²) in [5.74, 6) is -0.0182. The number of pyridine rings is 1. The highest BCUT2D eigenvalue weighted by molar-refractivity contribution is 6.13. The highest BCUT2D eigenvalue weighted by Crippen LogP contribution is 2.28. The standard InChI is InChI=1S/C23H20N4O3/c1-2-19-20(21(27-30-19)16-6-4-3-5-7-16)22(28)17-12-18(25-14-17)23(29)26-13-15-8-10-24-11-9-15/h3-12,14,25H,2,13H2,1H3,(H,26,29). The van der Waals surface area contributed by atoms with E-state index in [-0.39, 0.29) is 11.7 Å². The maximum absolute atomic E-state index is 13.2. The Morgan fingerprint density at radius 2 is 1.87 bits per heavy atom. The van der Waals surface area contributed by atoms with Crippen molar-refractivity contribution in [2.45, 2.75) is 19.9 Å². The Morgan fingerprint density at radius 1 is 1.10 bits per heavy atom. The van der Waals surface area contributed by atoms with Crippen LogP contribution in [0.3, 0.4) is 0 Å². The summed E-state index contributed by atoms with van der Waals surface area (Å²) in [6.45, 7) is 2.27. The molecule has 0 spiro atoms. The van der Waals surface area contributed by atoms with Crippen molar-refractivity contribution >= 4 is 11.7 Å². The van der Waals surface area contributed by atoms with Crippen LogP contribution in [0.4, 0.5) is 0 Å². The molecule has 0 saturated carbocycles. The van der Waals surface area contributed by atoms with Crippen LogP contribution in [0.5, 0.6) is 0 Å². The van der Waals surface area contributed by atoms with Crippen LogP contribution < -0.4 is 5.32 Å². The molecule has 0 aliphatic heterocycles. The number of aromatic nitrogens is 3. The molecule has 0 radical (unpaired) electrons. The van der Waals surface area contributed by atoms with Crippen molar-refractivity contribution in [1.82, 2.24) is 20.4 Å². The summed E-state index contributed by atoms with van der Waals surface area (Å²) in [6.07, 6.45) is 5.40. The molecule has 0 unspecified atom stereocenters. The Bertz CT molecular complexity index is 1160. The first-order valence-corrected chi connectivity index (χ1v) is 9.61. The van der Waals surface area contributed by atoms with Gasteiger partial charge in [-0.1, -0.05) is 42.4 Å². The van der Waals surface area contributed by atoms with Crippen LogP contribution in [0.25, 0.3) is 11.3 Å². The molecule has 0 fully saturated rings. The van der Waals surface area contributed by atoms with Gasteiger partial charge in [0.1, 0.15) is 17.1 Å². The van der Waals surface area contributed by atoms with Crippen molar-refractivity contribution in [2.24, 2.45) is 0 Å². The number of aromatic amines is 1. The van der Waals surface area contributed by atoms with Crippen LogP contribution in [-0.2, 0) is 13.0 Å². The molecule has 7 heteroatoms. The lowest BCUT2D eigenvalue weighted by molar-refractivity contribution is 0.0946. The Kier molecular flexibility index (Phi) is 5.52. The van der Waals surface area contributed by atoms with E-state index in [2.05, 4.69) is 20.4 Å². The van der Waals surface area contributed by atoms with E-state index in [0.29, 0.717) is 41.2 Å². The highest BCUT2D eigenvalue weighted by atomic mass is 16.5. The van der Waals surface area contributed by atoms with Crippen LogP contribution in [0.15, 0.2) is 71.6 Å². The minimum atomic E-state index is -0.296. The van der Waals surface area contributed by atoms with Crippen molar-refractivity contribution in [3.05, 3.63) is 95.3 Å². The predicted molar refractivity (Wildman–Crippen MR) is 111 cm³/mol. The zero-order valence-corrected chi connectivity index (χ0v) is 16.4. The molecule has 3 heterocycles. The predicted octanol–water partition coefficient (Wildman–Crippen LogP) is 3.79. The van der Waals surface area contributed by atoms with Crippen LogP contribution in [-0.4, -0.2) is 26.8 Å². The number of rotatable bonds is 7. The third kappa shape index (κ3) is 3.91. The van der Waals surface area contributed by atoms with E-state index in [1.807, 2.05) is 49.4 Å². The van der Waals surface area contributed by atoms with Gasteiger partial charge >= 0.3 is 0 Å². The second kappa shape index (κ2) is 8.57. The second-order valence-electron chi connectivity index (χ2n) is 6.72. The molecule has 0 bridgehead atoms. The molecular formula is C23H20N4O3. The minimum Gasteiger partial charge on any atom is -0.360 e. The summed E-state index contributed by atoms with van der Waals surface area (Å²) in [5.41, 5.74) is 3.34. The van der Waals surface area contributed by atoms with Gasteiger partial charge in [-0.2, -0.15) is 0 Å². The summed E-state index contributed by atoms with van der Waals surface area (Å²) in [6, 6.07) is 14.6. The number of carbonyl (C=O) groups is 2. The Balaban J connectivity index is 1.56. The third-order valence-electron chi connectivity index (χ3n) is 4.75. The molecular weight excluding hydrogens is 380 g/mol. The molecule has 0 atom stereocenters. The Labute approximate surface area is 173 Å². The van der Waals surface area contributed by atoms with Crippen molar-refractivity contribution in [2.75, 3.05) is 0 Å². The van der Waals surface area contributed by atoms with Gasteiger partial charge in [0.25, 0.3) is 5.91 Å². The van der Waals surface area contributed by atoms with Gasteiger partial charge in [0.2, 0.25) is 0 Å². The third-order valence-corrected chi connectivity index (χ3v) is 4.75. The number of aryl methyl sites for hydroxylation is 1. The molecule has 2 N–H and O–H groups in total. The molecule has 3 aromatic heterocycles. The Morgan fingerprint density at radius 3 is 2.60 bits per heavy atom. The summed E-state index contributed by atoms with van der Waals surface area (Å²) in [7, 11) is 0. The van der Waals surface area contributed by atoms with Crippen molar-refractivity contribution < 1.29 is 14.1 Å². The van der Waals surface area contributed by atoms with Gasteiger partial charge in [0.15, 0.2) is 5.78 Å². The van der Waals surface area contributed by atoms with Gasteiger partial charge in [-0.25, -0.2) is 0 Å². The van der Waals surface area contributed by atoms with Gasteiger partial charge < -0.3 is 14.8 Å². The van der Waals surface area contributed by atoms with E-state index < -0.39 is 0 Å². The first-order valence-electron chi connectivity index (χ1n) is 9.61. The molecule has 0 aliphatic rings. The lowest BCUT2D eigenvalue weighted by Gasteiger charge is -2.03. The fourth-order valence-electron chi connectivity index (χ4n) is 3.17. The fraction of sp³-hybridized carbons (Fsp3) is 0.130. The Hall–Kier alpha value is -4.00. The lowest BCUT2D eigenvalue weighted by atomic mass is 9.98. The number of nitrogens with one attached hydrogen (secondary N) is 2. The number of hydrogen-bond donors (Lipinski definition) is 2. The lowest BCUT2D eigenvalue weighted by Crippen LogP contribution is -2.23. The average Bonchev–Trinajstić information content (AvgIpc) is 3.46. The van der Waals surface area contributed by atoms with Gasteiger partial charge in [0.05, 0.1) is 5.56 Å². The quantitative estimate of drug-likeness (QED) is 0.460. The number of amides is 1. The largest absolute Gasteiger partial charge is 0.360 e. The van der Waals surface area contributed by atoms with Crippen molar-refractivity contribution in [3.63, 3.8) is 0 Å². The van der Waals surface area contributed by atoms with E-state index in [1.165, 1.54) is 6.20 Å². The molecule has 0 aliphatic carbocycles. The van der Waals surface area contributed by atoms with E-state index in [4.69, 9.17) is 4.52 Å². The van der Waals surface area contributed by atoms with Gasteiger partial charge in [-0.15, -0.1) is 0 Å². The van der Waals surface area contributed by atoms with Crippen LogP contribution in [0, 0.1) is 0 Å². The summed E-state index contributed by atoms with van der Waals surface area (Å²) >= 11 is 0. The fourth-order valence-corrected chi connectivity index (χ4v) is 3.17. The van der Waals surface area contributed by atoms with E-state index in [0.717, 1.165) is 11.1 Å². The van der Waals surface area contributed by atoms with Gasteiger partial charge in [-0.05, 0) is 23.8 Å². The summed E-state index contributed by atoms with van der Waals surface area (Å²) < 4.78 is 5.42. The maximum atomic E-state index is 13.2. The van der Waals surface area contributed by atoms with Crippen LogP contribution in [0.2, 0.25) is 0 Å². The SMILES string of the molecule is CCc1onc(-c2ccccc2)c1C(=O)c1c[nH]c(C(=O)NCc2ccncc2)c1. The van der Waals surface area contributed by atoms with Crippen LogP contribution >= 0.6 is 0 Å². The number of benzene rings is 1. The molecule has 4 rings (SSSR count). The number of H-pyrrole nitrogens is 1. The van der Waals surface area contributed by atoms with Crippen LogP contribution in [0.1, 0.15) is 44.7 Å². The molecule has 1 aromatic carbocycles. The second-order valence-corrected chi connectivity index (χ2v) is 6.72. The molecule has 1 amide bonds. The first-order chi connectivity index (χ1) is 14.7. The molecule has 7 nitrogen and oxygen atoms in total. The number of carbonyl (C=O) groups excluding carboxylic acids is 2. The average molecular weight is 400 g/mol. The van der Waals surface area contributed by atoms with Crippen molar-refractivity contribution in [1.29, 1.82) is 0 Å². The molecule has 4 aromatic rings. The van der Waals surface area contributed by atoms with E-state index in [9.17, 15) is 9.59 Å². The molecule has 150 valence electrons. The summed E-state index contributed by atoms with van der Waals surface area (Å²) in [4.78, 5) is 32.5. The molecule has 30 heavy (non-hydrogen) atoms.